The molecule has 4 aromatic carbocycles. The van der Waals surface area contributed by atoms with Crippen molar-refractivity contribution in [1.82, 2.24) is 0 Å². The maximum absolute atomic E-state index is 13.3. The molecule has 0 N–H and O–H groups in total. The van der Waals surface area contributed by atoms with Crippen LogP contribution in [0.2, 0.25) is 0 Å². The molecular formula is C27H16O5. The third-order valence-corrected chi connectivity index (χ3v) is 5.15. The molecule has 0 saturated heterocycles. The Kier molecular flexibility index (Phi) is 4.84. The number of para-hydroxylation sites is 2. The van der Waals surface area contributed by atoms with E-state index in [9.17, 15) is 14.4 Å². The van der Waals surface area contributed by atoms with Crippen LogP contribution in [0.5, 0.6) is 23.0 Å². The van der Waals surface area contributed by atoms with E-state index >= 15 is 0 Å². The van der Waals surface area contributed by atoms with E-state index < -0.39 is 11.6 Å². The Balaban J connectivity index is 1.48. The van der Waals surface area contributed by atoms with Gasteiger partial charge in [0.1, 0.15) is 0 Å². The molecule has 5 rings (SSSR count). The van der Waals surface area contributed by atoms with E-state index in [4.69, 9.17) is 9.47 Å². The van der Waals surface area contributed by atoms with Gasteiger partial charge in [0.2, 0.25) is 11.6 Å². The first-order valence-electron chi connectivity index (χ1n) is 9.98. The topological polar surface area (TPSA) is 69.7 Å². The molecule has 0 bridgehead atoms. The van der Waals surface area contributed by atoms with Crippen molar-refractivity contribution in [3.8, 4) is 23.0 Å². The SMILES string of the molecule is O=C(C(=O)c1ccccc1C(=O)c1ccc2c(c1)Oc1ccccc1O2)c1ccccc1. The van der Waals surface area contributed by atoms with Gasteiger partial charge in [-0.3, -0.25) is 14.4 Å². The standard InChI is InChI=1S/C27H16O5/c28-25(18-14-15-23-24(16-18)32-22-13-7-6-12-21(22)31-23)19-10-4-5-11-20(19)27(30)26(29)17-8-2-1-3-9-17/h1-16H. The van der Waals surface area contributed by atoms with Gasteiger partial charge in [-0.05, 0) is 30.3 Å². The molecule has 32 heavy (non-hydrogen) atoms. The van der Waals surface area contributed by atoms with Crippen LogP contribution in [0.3, 0.4) is 0 Å². The molecule has 0 atom stereocenters. The smallest absolute Gasteiger partial charge is 0.234 e. The number of rotatable bonds is 5. The number of ether oxygens (including phenoxy) is 2. The predicted octanol–water partition coefficient (Wildman–Crippen LogP) is 5.88. The minimum absolute atomic E-state index is 0.0617. The predicted molar refractivity (Wildman–Crippen MR) is 118 cm³/mol. The average molecular weight is 420 g/mol. The highest BCUT2D eigenvalue weighted by molar-refractivity contribution is 6.50. The number of Topliss-reactive ketones (excluding diaryl/α,β-unsaturated/α-hetero) is 2. The monoisotopic (exact) mass is 420 g/mol. The third kappa shape index (κ3) is 3.46. The van der Waals surface area contributed by atoms with Crippen molar-refractivity contribution >= 4 is 17.3 Å². The number of carbonyl (C=O) groups is 3. The van der Waals surface area contributed by atoms with E-state index in [1.165, 1.54) is 6.07 Å². The summed E-state index contributed by atoms with van der Waals surface area (Å²) in [5, 5.41) is 0. The van der Waals surface area contributed by atoms with E-state index in [1.807, 2.05) is 12.1 Å². The van der Waals surface area contributed by atoms with Crippen LogP contribution in [-0.4, -0.2) is 17.3 Å². The second kappa shape index (κ2) is 7.96. The number of fused-ring (bicyclic) bond motifs is 2. The lowest BCUT2D eigenvalue weighted by Gasteiger charge is -2.20. The molecule has 1 aliphatic rings. The molecule has 5 nitrogen and oxygen atoms in total. The molecule has 0 aromatic heterocycles. The van der Waals surface area contributed by atoms with Gasteiger partial charge in [-0.15, -0.1) is 0 Å². The molecule has 1 heterocycles. The molecule has 154 valence electrons. The van der Waals surface area contributed by atoms with Crippen LogP contribution in [0.1, 0.15) is 36.6 Å². The minimum Gasteiger partial charge on any atom is -0.450 e. The number of ketones is 3. The van der Waals surface area contributed by atoms with Crippen molar-refractivity contribution in [3.05, 3.63) is 119 Å². The zero-order valence-electron chi connectivity index (χ0n) is 16.8. The average Bonchev–Trinajstić information content (AvgIpc) is 2.86. The van der Waals surface area contributed by atoms with E-state index in [1.54, 1.807) is 78.9 Å². The van der Waals surface area contributed by atoms with Crippen LogP contribution in [0, 0.1) is 0 Å². The Bertz CT molecular complexity index is 1370. The number of hydrogen-bond donors (Lipinski definition) is 0. The van der Waals surface area contributed by atoms with E-state index in [2.05, 4.69) is 0 Å². The maximum Gasteiger partial charge on any atom is 0.234 e. The molecule has 0 aliphatic carbocycles. The summed E-state index contributed by atoms with van der Waals surface area (Å²) < 4.78 is 11.7. The second-order valence-electron chi connectivity index (χ2n) is 7.21. The highest BCUT2D eigenvalue weighted by Crippen LogP contribution is 2.45. The van der Waals surface area contributed by atoms with Crippen LogP contribution in [0.25, 0.3) is 0 Å². The molecule has 0 amide bonds. The molecule has 4 aromatic rings. The first-order chi connectivity index (χ1) is 15.6. The lowest BCUT2D eigenvalue weighted by molar-refractivity contribution is 0.0815. The maximum atomic E-state index is 13.3. The number of carbonyl (C=O) groups excluding carboxylic acids is 3. The summed E-state index contributed by atoms with van der Waals surface area (Å²) in [5.74, 6) is 0.252. The highest BCUT2D eigenvalue weighted by Gasteiger charge is 2.25. The van der Waals surface area contributed by atoms with E-state index in [-0.39, 0.29) is 22.5 Å². The molecule has 1 aliphatic heterocycles. The van der Waals surface area contributed by atoms with Gasteiger partial charge in [-0.2, -0.15) is 0 Å². The Hall–Kier alpha value is -4.51. The van der Waals surface area contributed by atoms with Gasteiger partial charge in [0.15, 0.2) is 28.8 Å². The Morgan fingerprint density at radius 3 is 1.75 bits per heavy atom. The summed E-state index contributed by atoms with van der Waals surface area (Å²) in [7, 11) is 0. The molecule has 0 fully saturated rings. The summed E-state index contributed by atoms with van der Waals surface area (Å²) >= 11 is 0. The van der Waals surface area contributed by atoms with Crippen LogP contribution < -0.4 is 9.47 Å². The quantitative estimate of drug-likeness (QED) is 0.262. The molecular weight excluding hydrogens is 404 g/mol. The fourth-order valence-electron chi connectivity index (χ4n) is 3.55. The van der Waals surface area contributed by atoms with E-state index in [0.717, 1.165) is 0 Å². The first kappa shape index (κ1) is 19.5. The van der Waals surface area contributed by atoms with Gasteiger partial charge >= 0.3 is 0 Å². The largest absolute Gasteiger partial charge is 0.450 e. The Labute approximate surface area is 183 Å². The molecule has 0 radical (unpaired) electrons. The van der Waals surface area contributed by atoms with Gasteiger partial charge in [-0.25, -0.2) is 0 Å². The fraction of sp³-hybridized carbons (Fsp3) is 0. The fourth-order valence-corrected chi connectivity index (χ4v) is 3.55. The summed E-state index contributed by atoms with van der Waals surface area (Å²) in [6.45, 7) is 0. The van der Waals surface area contributed by atoms with Crippen LogP contribution in [0.4, 0.5) is 0 Å². The summed E-state index contributed by atoms with van der Waals surface area (Å²) in [6.07, 6.45) is 0. The van der Waals surface area contributed by atoms with Crippen molar-refractivity contribution in [2.24, 2.45) is 0 Å². The first-order valence-corrected chi connectivity index (χ1v) is 9.98. The summed E-state index contributed by atoms with van der Waals surface area (Å²) in [4.78, 5) is 38.9. The minimum atomic E-state index is -0.730. The molecule has 0 spiro atoms. The highest BCUT2D eigenvalue weighted by atomic mass is 16.6. The van der Waals surface area contributed by atoms with Gasteiger partial charge in [-0.1, -0.05) is 66.7 Å². The summed E-state index contributed by atoms with van der Waals surface area (Å²) in [6, 6.07) is 26.7. The van der Waals surface area contributed by atoms with Crippen molar-refractivity contribution < 1.29 is 23.9 Å². The summed E-state index contributed by atoms with van der Waals surface area (Å²) in [5.41, 5.74) is 0.808. The van der Waals surface area contributed by atoms with Crippen molar-refractivity contribution in [2.45, 2.75) is 0 Å². The number of benzene rings is 4. The van der Waals surface area contributed by atoms with Crippen LogP contribution >= 0.6 is 0 Å². The lowest BCUT2D eigenvalue weighted by atomic mass is 9.93. The van der Waals surface area contributed by atoms with Crippen molar-refractivity contribution in [1.29, 1.82) is 0 Å². The third-order valence-electron chi connectivity index (χ3n) is 5.15. The normalized spacial score (nSPS) is 11.4. The zero-order chi connectivity index (χ0) is 22.1. The van der Waals surface area contributed by atoms with Gasteiger partial charge in [0.25, 0.3) is 0 Å². The lowest BCUT2D eigenvalue weighted by Crippen LogP contribution is -2.18. The Morgan fingerprint density at radius 2 is 1.03 bits per heavy atom. The Morgan fingerprint density at radius 1 is 0.469 bits per heavy atom. The van der Waals surface area contributed by atoms with Gasteiger partial charge < -0.3 is 9.47 Å². The number of hydrogen-bond acceptors (Lipinski definition) is 5. The van der Waals surface area contributed by atoms with Crippen molar-refractivity contribution in [3.63, 3.8) is 0 Å². The second-order valence-corrected chi connectivity index (χ2v) is 7.21. The van der Waals surface area contributed by atoms with E-state index in [0.29, 0.717) is 28.6 Å². The van der Waals surface area contributed by atoms with Crippen LogP contribution in [-0.2, 0) is 0 Å². The molecule has 0 unspecified atom stereocenters. The van der Waals surface area contributed by atoms with Crippen LogP contribution in [0.15, 0.2) is 97.1 Å². The van der Waals surface area contributed by atoms with Gasteiger partial charge in [0.05, 0.1) is 0 Å². The zero-order valence-corrected chi connectivity index (χ0v) is 16.8. The molecule has 0 saturated carbocycles. The van der Waals surface area contributed by atoms with Gasteiger partial charge in [0, 0.05) is 22.3 Å². The van der Waals surface area contributed by atoms with Crippen molar-refractivity contribution in [2.75, 3.05) is 0 Å². The molecule has 5 heteroatoms.